The molecule has 1 aromatic carbocycles. The van der Waals surface area contributed by atoms with Gasteiger partial charge >= 0.3 is 0 Å². The molecule has 0 radical (unpaired) electrons. The van der Waals surface area contributed by atoms with Crippen LogP contribution >= 0.6 is 11.3 Å². The van der Waals surface area contributed by atoms with Gasteiger partial charge < -0.3 is 0 Å². The van der Waals surface area contributed by atoms with E-state index >= 15 is 0 Å². The van der Waals surface area contributed by atoms with Crippen molar-refractivity contribution >= 4 is 21.2 Å². The first-order valence-corrected chi connectivity index (χ1v) is 8.00. The van der Waals surface area contributed by atoms with Crippen molar-refractivity contribution in [1.82, 2.24) is 4.98 Å². The van der Waals surface area contributed by atoms with Crippen LogP contribution in [0.3, 0.4) is 0 Å². The summed E-state index contributed by atoms with van der Waals surface area (Å²) >= 11 is 1.43. The molecule has 2 aromatic rings. The number of thiazole rings is 1. The normalized spacial score (nSPS) is 11.7. The SMILES string of the molecule is Cc1nc(CS(=O)(=O)Cc2ccc(F)cc2)cs1. The molecule has 0 aliphatic carbocycles. The number of rotatable bonds is 4. The molecule has 0 aliphatic heterocycles. The molecular formula is C12H12FNO2S2. The Morgan fingerprint density at radius 2 is 1.89 bits per heavy atom. The summed E-state index contributed by atoms with van der Waals surface area (Å²) in [6, 6.07) is 5.49. The molecule has 96 valence electrons. The lowest BCUT2D eigenvalue weighted by Gasteiger charge is -2.02. The van der Waals surface area contributed by atoms with E-state index in [1.54, 1.807) is 5.38 Å². The second-order valence-corrected chi connectivity index (χ2v) is 7.14. The van der Waals surface area contributed by atoms with E-state index in [1.807, 2.05) is 6.92 Å². The highest BCUT2D eigenvalue weighted by molar-refractivity contribution is 7.89. The molecule has 0 bridgehead atoms. The number of aryl methyl sites for hydroxylation is 1. The highest BCUT2D eigenvalue weighted by Gasteiger charge is 2.15. The number of hydrogen-bond acceptors (Lipinski definition) is 4. The quantitative estimate of drug-likeness (QED) is 0.867. The lowest BCUT2D eigenvalue weighted by molar-refractivity contribution is 0.593. The third kappa shape index (κ3) is 3.61. The van der Waals surface area contributed by atoms with Gasteiger partial charge in [0.1, 0.15) is 5.82 Å². The van der Waals surface area contributed by atoms with Crippen molar-refractivity contribution in [3.05, 3.63) is 51.7 Å². The molecule has 0 spiro atoms. The zero-order valence-corrected chi connectivity index (χ0v) is 11.4. The molecule has 0 aliphatic rings. The van der Waals surface area contributed by atoms with Crippen LogP contribution < -0.4 is 0 Å². The predicted molar refractivity (Wildman–Crippen MR) is 69.6 cm³/mol. The van der Waals surface area contributed by atoms with E-state index in [2.05, 4.69) is 4.98 Å². The summed E-state index contributed by atoms with van der Waals surface area (Å²) < 4.78 is 36.6. The monoisotopic (exact) mass is 285 g/mol. The predicted octanol–water partition coefficient (Wildman–Crippen LogP) is 2.71. The molecule has 0 saturated heterocycles. The smallest absolute Gasteiger partial charge is 0.160 e. The Morgan fingerprint density at radius 3 is 2.44 bits per heavy atom. The summed E-state index contributed by atoms with van der Waals surface area (Å²) in [4.78, 5) is 4.13. The van der Waals surface area contributed by atoms with E-state index in [0.717, 1.165) is 5.01 Å². The Hall–Kier alpha value is -1.27. The van der Waals surface area contributed by atoms with Crippen LogP contribution in [0.15, 0.2) is 29.6 Å². The molecule has 0 N–H and O–H groups in total. The van der Waals surface area contributed by atoms with Crippen LogP contribution in [0.1, 0.15) is 16.3 Å². The van der Waals surface area contributed by atoms with Gasteiger partial charge in [-0.15, -0.1) is 11.3 Å². The van der Waals surface area contributed by atoms with Crippen LogP contribution in [-0.4, -0.2) is 13.4 Å². The van der Waals surface area contributed by atoms with Gasteiger partial charge in [-0.05, 0) is 24.6 Å². The first-order valence-electron chi connectivity index (χ1n) is 5.30. The molecule has 0 saturated carbocycles. The Kier molecular flexibility index (Phi) is 3.77. The summed E-state index contributed by atoms with van der Waals surface area (Å²) in [5.74, 6) is -0.537. The van der Waals surface area contributed by atoms with Gasteiger partial charge in [-0.3, -0.25) is 0 Å². The fourth-order valence-electron chi connectivity index (χ4n) is 1.59. The van der Waals surface area contributed by atoms with Crippen molar-refractivity contribution in [2.75, 3.05) is 0 Å². The summed E-state index contributed by atoms with van der Waals surface area (Å²) in [5, 5.41) is 2.60. The van der Waals surface area contributed by atoms with Crippen molar-refractivity contribution in [2.45, 2.75) is 18.4 Å². The minimum Gasteiger partial charge on any atom is -0.246 e. The average Bonchev–Trinajstić information content (AvgIpc) is 2.66. The minimum atomic E-state index is -3.27. The summed E-state index contributed by atoms with van der Waals surface area (Å²) in [6.07, 6.45) is 0. The second kappa shape index (κ2) is 5.16. The molecule has 2 rings (SSSR count). The Bertz CT molecular complexity index is 632. The maximum atomic E-state index is 12.7. The van der Waals surface area contributed by atoms with Crippen molar-refractivity contribution < 1.29 is 12.8 Å². The van der Waals surface area contributed by atoms with Gasteiger partial charge in [0.05, 0.1) is 22.2 Å². The number of nitrogens with zero attached hydrogens (tertiary/aromatic N) is 1. The Labute approximate surface area is 109 Å². The van der Waals surface area contributed by atoms with Gasteiger partial charge in [0.25, 0.3) is 0 Å². The molecule has 0 unspecified atom stereocenters. The second-order valence-electron chi connectivity index (χ2n) is 4.02. The van der Waals surface area contributed by atoms with Gasteiger partial charge in [0, 0.05) is 5.38 Å². The third-order valence-corrected chi connectivity index (χ3v) is 4.67. The fraction of sp³-hybridized carbons (Fsp3) is 0.250. The number of aromatic nitrogens is 1. The maximum Gasteiger partial charge on any atom is 0.160 e. The van der Waals surface area contributed by atoms with Crippen LogP contribution in [0.4, 0.5) is 4.39 Å². The van der Waals surface area contributed by atoms with E-state index in [4.69, 9.17) is 0 Å². The van der Waals surface area contributed by atoms with Crippen molar-refractivity contribution in [2.24, 2.45) is 0 Å². The topological polar surface area (TPSA) is 47.0 Å². The average molecular weight is 285 g/mol. The number of hydrogen-bond donors (Lipinski definition) is 0. The van der Waals surface area contributed by atoms with Gasteiger partial charge in [0.2, 0.25) is 0 Å². The van der Waals surface area contributed by atoms with Crippen LogP contribution in [0.2, 0.25) is 0 Å². The van der Waals surface area contributed by atoms with E-state index in [1.165, 1.54) is 35.6 Å². The molecular weight excluding hydrogens is 273 g/mol. The maximum absolute atomic E-state index is 12.7. The summed E-state index contributed by atoms with van der Waals surface area (Å²) in [5.41, 5.74) is 1.16. The number of sulfone groups is 1. The van der Waals surface area contributed by atoms with E-state index < -0.39 is 9.84 Å². The van der Waals surface area contributed by atoms with Gasteiger partial charge in [-0.1, -0.05) is 12.1 Å². The van der Waals surface area contributed by atoms with Gasteiger partial charge in [0.15, 0.2) is 9.84 Å². The molecule has 0 amide bonds. The van der Waals surface area contributed by atoms with E-state index in [-0.39, 0.29) is 17.3 Å². The Balaban J connectivity index is 2.10. The zero-order chi connectivity index (χ0) is 13.2. The molecule has 1 heterocycles. The minimum absolute atomic E-state index is 0.0747. The van der Waals surface area contributed by atoms with Crippen LogP contribution in [0.25, 0.3) is 0 Å². The molecule has 0 fully saturated rings. The fourth-order valence-corrected chi connectivity index (χ4v) is 3.70. The Morgan fingerprint density at radius 1 is 1.22 bits per heavy atom. The van der Waals surface area contributed by atoms with Crippen molar-refractivity contribution in [3.63, 3.8) is 0 Å². The molecule has 3 nitrogen and oxygen atoms in total. The molecule has 18 heavy (non-hydrogen) atoms. The molecule has 1 aromatic heterocycles. The highest BCUT2D eigenvalue weighted by Crippen LogP contribution is 2.15. The molecule has 6 heteroatoms. The van der Waals surface area contributed by atoms with Crippen LogP contribution in [-0.2, 0) is 21.3 Å². The molecule has 0 atom stereocenters. The number of halogens is 1. The van der Waals surface area contributed by atoms with Crippen LogP contribution in [0, 0.1) is 12.7 Å². The first-order chi connectivity index (χ1) is 8.44. The first kappa shape index (κ1) is 13.2. The van der Waals surface area contributed by atoms with E-state index in [0.29, 0.717) is 11.3 Å². The summed E-state index contributed by atoms with van der Waals surface area (Å²) in [7, 11) is -3.27. The van der Waals surface area contributed by atoms with Crippen molar-refractivity contribution in [1.29, 1.82) is 0 Å². The lowest BCUT2D eigenvalue weighted by Crippen LogP contribution is -2.08. The lowest BCUT2D eigenvalue weighted by atomic mass is 10.2. The van der Waals surface area contributed by atoms with E-state index in [9.17, 15) is 12.8 Å². The van der Waals surface area contributed by atoms with Gasteiger partial charge in [-0.2, -0.15) is 0 Å². The van der Waals surface area contributed by atoms with Crippen LogP contribution in [0.5, 0.6) is 0 Å². The van der Waals surface area contributed by atoms with Gasteiger partial charge in [-0.25, -0.2) is 17.8 Å². The zero-order valence-electron chi connectivity index (χ0n) is 9.76. The third-order valence-electron chi connectivity index (χ3n) is 2.33. The summed E-state index contributed by atoms with van der Waals surface area (Å²) in [6.45, 7) is 1.83. The standard InChI is InChI=1S/C12H12FNO2S2/c1-9-14-12(6-17-9)8-18(15,16)7-10-2-4-11(13)5-3-10/h2-6H,7-8H2,1H3. The number of benzene rings is 1. The largest absolute Gasteiger partial charge is 0.246 e. The highest BCUT2D eigenvalue weighted by atomic mass is 32.2. The van der Waals surface area contributed by atoms with Crippen molar-refractivity contribution in [3.8, 4) is 0 Å².